The number of benzene rings is 1. The number of nitrogens with zero attached hydrogens (tertiary/aromatic N) is 1. The molecule has 4 nitrogen and oxygen atoms in total. The molecule has 0 spiro atoms. The largest absolute Gasteiger partial charge is 0.307 e. The van der Waals surface area contributed by atoms with E-state index in [1.165, 1.54) is 0 Å². The molecule has 2 heterocycles. The second kappa shape index (κ2) is 5.47. The fraction of sp³-hybridized carbons (Fsp3) is 0.600. The summed E-state index contributed by atoms with van der Waals surface area (Å²) in [5.74, 6) is 0.258. The topological polar surface area (TPSA) is 49.4 Å². The quantitative estimate of drug-likeness (QED) is 0.900. The van der Waals surface area contributed by atoms with Crippen LogP contribution in [0.1, 0.15) is 30.9 Å². The first-order chi connectivity index (χ1) is 9.56. The van der Waals surface area contributed by atoms with Crippen molar-refractivity contribution >= 4 is 9.84 Å². The van der Waals surface area contributed by atoms with Gasteiger partial charge in [0.1, 0.15) is 0 Å². The molecule has 20 heavy (non-hydrogen) atoms. The molecule has 1 N–H and O–H groups in total. The summed E-state index contributed by atoms with van der Waals surface area (Å²) < 4.78 is 24.2. The van der Waals surface area contributed by atoms with Crippen molar-refractivity contribution in [3.63, 3.8) is 0 Å². The molecule has 0 radical (unpaired) electrons. The number of hydrogen-bond acceptors (Lipinski definition) is 4. The average Bonchev–Trinajstić information content (AvgIpc) is 2.45. The van der Waals surface area contributed by atoms with E-state index >= 15 is 0 Å². The summed E-state index contributed by atoms with van der Waals surface area (Å²) in [7, 11) is -0.921. The van der Waals surface area contributed by atoms with E-state index in [-0.39, 0.29) is 11.8 Å². The van der Waals surface area contributed by atoms with Crippen molar-refractivity contribution < 1.29 is 8.42 Å². The predicted octanol–water partition coefficient (Wildman–Crippen LogP) is 1.59. The van der Waals surface area contributed by atoms with Crippen molar-refractivity contribution in [2.75, 3.05) is 25.9 Å². The molecule has 5 heteroatoms. The standard InChI is InChI=1S/C15H22N2O2S/c1-17-9-6-12(7-10-17)16-14-8-11-20(18,19)15-5-3-2-4-13(14)15/h2-5,12,14,16H,6-11H2,1H3. The molecule has 2 aliphatic heterocycles. The van der Waals surface area contributed by atoms with Crippen LogP contribution in [-0.4, -0.2) is 45.2 Å². The van der Waals surface area contributed by atoms with E-state index in [0.717, 1.165) is 31.5 Å². The van der Waals surface area contributed by atoms with E-state index in [9.17, 15) is 8.42 Å². The lowest BCUT2D eigenvalue weighted by Gasteiger charge is -2.34. The molecule has 0 aliphatic carbocycles. The summed E-state index contributed by atoms with van der Waals surface area (Å²) >= 11 is 0. The monoisotopic (exact) mass is 294 g/mol. The fourth-order valence-corrected chi connectivity index (χ4v) is 4.84. The Bertz CT molecular complexity index is 577. The number of rotatable bonds is 2. The number of sulfone groups is 1. The van der Waals surface area contributed by atoms with E-state index in [4.69, 9.17) is 0 Å². The van der Waals surface area contributed by atoms with Crippen LogP contribution in [0.25, 0.3) is 0 Å². The summed E-state index contributed by atoms with van der Waals surface area (Å²) in [6.07, 6.45) is 2.97. The Morgan fingerprint density at radius 3 is 2.60 bits per heavy atom. The van der Waals surface area contributed by atoms with Gasteiger partial charge in [-0.2, -0.15) is 0 Å². The van der Waals surface area contributed by atoms with Gasteiger partial charge in [0.2, 0.25) is 0 Å². The smallest absolute Gasteiger partial charge is 0.178 e. The Labute approximate surface area is 121 Å². The van der Waals surface area contributed by atoms with Crippen LogP contribution in [-0.2, 0) is 9.84 Å². The lowest BCUT2D eigenvalue weighted by atomic mass is 9.99. The minimum atomic E-state index is -3.07. The molecule has 1 saturated heterocycles. The van der Waals surface area contributed by atoms with Crippen LogP contribution >= 0.6 is 0 Å². The van der Waals surface area contributed by atoms with E-state index < -0.39 is 9.84 Å². The maximum absolute atomic E-state index is 12.1. The van der Waals surface area contributed by atoms with Crippen LogP contribution in [0.3, 0.4) is 0 Å². The summed E-state index contributed by atoms with van der Waals surface area (Å²) in [6.45, 7) is 2.23. The molecule has 3 rings (SSSR count). The zero-order valence-corrected chi connectivity index (χ0v) is 12.7. The van der Waals surface area contributed by atoms with Crippen LogP contribution in [0.2, 0.25) is 0 Å². The molecule has 0 bridgehead atoms. The van der Waals surface area contributed by atoms with Gasteiger partial charge in [0.25, 0.3) is 0 Å². The zero-order valence-electron chi connectivity index (χ0n) is 11.9. The highest BCUT2D eigenvalue weighted by atomic mass is 32.2. The van der Waals surface area contributed by atoms with Crippen molar-refractivity contribution in [1.82, 2.24) is 10.2 Å². The second-order valence-electron chi connectivity index (χ2n) is 5.94. The minimum absolute atomic E-state index is 0.183. The van der Waals surface area contributed by atoms with Crippen molar-refractivity contribution in [1.29, 1.82) is 0 Å². The van der Waals surface area contributed by atoms with Crippen molar-refractivity contribution in [2.24, 2.45) is 0 Å². The highest BCUT2D eigenvalue weighted by Gasteiger charge is 2.31. The third-order valence-corrected chi connectivity index (χ3v) is 6.28. The van der Waals surface area contributed by atoms with Gasteiger partial charge in [-0.25, -0.2) is 8.42 Å². The van der Waals surface area contributed by atoms with Crippen LogP contribution in [0.15, 0.2) is 29.2 Å². The first kappa shape index (κ1) is 14.0. The number of fused-ring (bicyclic) bond motifs is 1. The summed E-state index contributed by atoms with van der Waals surface area (Å²) in [4.78, 5) is 2.87. The molecule has 2 aliphatic rings. The maximum atomic E-state index is 12.1. The van der Waals surface area contributed by atoms with Crippen LogP contribution < -0.4 is 5.32 Å². The van der Waals surface area contributed by atoms with Gasteiger partial charge >= 0.3 is 0 Å². The Morgan fingerprint density at radius 1 is 1.15 bits per heavy atom. The molecule has 110 valence electrons. The Hall–Kier alpha value is -0.910. The lowest BCUT2D eigenvalue weighted by Crippen LogP contribution is -2.43. The van der Waals surface area contributed by atoms with Gasteiger partial charge in [-0.1, -0.05) is 18.2 Å². The van der Waals surface area contributed by atoms with Gasteiger partial charge in [0.15, 0.2) is 9.84 Å². The molecule has 0 amide bonds. The average molecular weight is 294 g/mol. The van der Waals surface area contributed by atoms with Gasteiger partial charge in [0, 0.05) is 12.1 Å². The summed E-state index contributed by atoms with van der Waals surface area (Å²) in [5.41, 5.74) is 0.956. The van der Waals surface area contributed by atoms with Crippen LogP contribution in [0.5, 0.6) is 0 Å². The Morgan fingerprint density at radius 2 is 1.85 bits per heavy atom. The molecule has 1 fully saturated rings. The van der Waals surface area contributed by atoms with E-state index in [0.29, 0.717) is 17.4 Å². The normalized spacial score (nSPS) is 27.1. The number of piperidine rings is 1. The molecule has 1 aromatic rings. The van der Waals surface area contributed by atoms with Gasteiger partial charge in [0.05, 0.1) is 10.6 Å². The van der Waals surface area contributed by atoms with E-state index in [1.54, 1.807) is 6.07 Å². The second-order valence-corrected chi connectivity index (χ2v) is 8.02. The van der Waals surface area contributed by atoms with E-state index in [1.807, 2.05) is 18.2 Å². The molecular weight excluding hydrogens is 272 g/mol. The number of likely N-dealkylation sites (tertiary alicyclic amines) is 1. The highest BCUT2D eigenvalue weighted by Crippen LogP contribution is 2.32. The van der Waals surface area contributed by atoms with Crippen molar-refractivity contribution in [2.45, 2.75) is 36.2 Å². The van der Waals surface area contributed by atoms with Crippen molar-refractivity contribution in [3.05, 3.63) is 29.8 Å². The third-order valence-electron chi connectivity index (χ3n) is 4.46. The number of hydrogen-bond donors (Lipinski definition) is 1. The van der Waals surface area contributed by atoms with Gasteiger partial charge in [-0.05, 0) is 51.0 Å². The SMILES string of the molecule is CN1CCC(NC2CCS(=O)(=O)c3ccccc32)CC1. The third kappa shape index (κ3) is 2.75. The molecule has 0 saturated carbocycles. The number of nitrogens with one attached hydrogen (secondary N) is 1. The summed E-state index contributed by atoms with van der Waals surface area (Å²) in [6, 6.07) is 8.14. The Kier molecular flexibility index (Phi) is 3.84. The highest BCUT2D eigenvalue weighted by molar-refractivity contribution is 7.91. The Balaban J connectivity index is 1.79. The van der Waals surface area contributed by atoms with Crippen LogP contribution in [0.4, 0.5) is 0 Å². The molecule has 1 aromatic carbocycles. The molecule has 1 unspecified atom stereocenters. The first-order valence-electron chi connectivity index (χ1n) is 7.32. The zero-order chi connectivity index (χ0) is 14.2. The molecule has 0 aromatic heterocycles. The van der Waals surface area contributed by atoms with E-state index in [2.05, 4.69) is 17.3 Å². The predicted molar refractivity (Wildman–Crippen MR) is 79.5 cm³/mol. The molecular formula is C15H22N2O2S. The van der Waals surface area contributed by atoms with Gasteiger partial charge in [-0.15, -0.1) is 0 Å². The maximum Gasteiger partial charge on any atom is 0.178 e. The first-order valence-corrected chi connectivity index (χ1v) is 8.98. The van der Waals surface area contributed by atoms with Crippen molar-refractivity contribution in [3.8, 4) is 0 Å². The molecule has 1 atom stereocenters. The summed E-state index contributed by atoms with van der Waals surface area (Å²) in [5, 5.41) is 3.68. The van der Waals surface area contributed by atoms with Crippen LogP contribution in [0, 0.1) is 0 Å². The van der Waals surface area contributed by atoms with Gasteiger partial charge < -0.3 is 10.2 Å². The van der Waals surface area contributed by atoms with Gasteiger partial charge in [-0.3, -0.25) is 0 Å². The minimum Gasteiger partial charge on any atom is -0.307 e. The lowest BCUT2D eigenvalue weighted by molar-refractivity contribution is 0.222. The fourth-order valence-electron chi connectivity index (χ4n) is 3.22.